The summed E-state index contributed by atoms with van der Waals surface area (Å²) in [5.74, 6) is 0.886. The van der Waals surface area contributed by atoms with Gasteiger partial charge in [-0.05, 0) is 69.1 Å². The standard InChI is InChI=1S/C32H43F3N8O5S3/c33-32(34,35)50(44,45)29-21-27(51(46,47)40-31-39-38-30-22-42(15-16-43(30)31)25-5-4-12-36-13-10-25)8-9-28(29)37-24(11-14-41-17-19-48-20-18-41)23-49-26-6-2-1-3-7-26/h1-3,6-9,21,24-25,36-37H,4-5,10-20,22-23H2,(H,39,40)/t24-,25?/m1/s1. The molecule has 280 valence electrons. The number of rotatable bonds is 13. The number of halogens is 3. The van der Waals surface area contributed by atoms with Gasteiger partial charge < -0.3 is 15.4 Å². The Labute approximate surface area is 300 Å². The summed E-state index contributed by atoms with van der Waals surface area (Å²) in [6.07, 6.45) is 3.57. The Morgan fingerprint density at radius 3 is 2.53 bits per heavy atom. The molecular weight excluding hydrogens is 730 g/mol. The second-order valence-corrected chi connectivity index (χ2v) is 17.5. The van der Waals surface area contributed by atoms with Gasteiger partial charge in [-0.1, -0.05) is 18.2 Å². The highest BCUT2D eigenvalue weighted by atomic mass is 32.2. The number of fused-ring (bicyclic) bond motifs is 1. The van der Waals surface area contributed by atoms with Crippen molar-refractivity contribution >= 4 is 43.3 Å². The third-order valence-corrected chi connectivity index (χ3v) is 13.4. The van der Waals surface area contributed by atoms with Gasteiger partial charge in [-0.25, -0.2) is 21.6 Å². The van der Waals surface area contributed by atoms with E-state index in [0.29, 0.717) is 82.6 Å². The normalized spacial score (nSPS) is 20.3. The van der Waals surface area contributed by atoms with Crippen LogP contribution in [0.25, 0.3) is 0 Å². The van der Waals surface area contributed by atoms with Gasteiger partial charge in [0.05, 0.1) is 30.3 Å². The molecule has 19 heteroatoms. The fourth-order valence-electron chi connectivity index (χ4n) is 6.54. The lowest BCUT2D eigenvalue weighted by Crippen LogP contribution is -2.42. The van der Waals surface area contributed by atoms with Crippen LogP contribution in [0, 0.1) is 0 Å². The Morgan fingerprint density at radius 1 is 0.980 bits per heavy atom. The Kier molecular flexibility index (Phi) is 12.1. The fourth-order valence-corrected chi connectivity index (χ4v) is 9.58. The molecule has 3 aromatic rings. The molecule has 3 aliphatic rings. The van der Waals surface area contributed by atoms with Crippen LogP contribution in [0.4, 0.5) is 24.8 Å². The highest BCUT2D eigenvalue weighted by Crippen LogP contribution is 2.37. The second-order valence-electron chi connectivity index (χ2n) is 12.8. The lowest BCUT2D eigenvalue weighted by atomic mass is 10.1. The first-order valence-electron chi connectivity index (χ1n) is 17.0. The molecule has 6 rings (SSSR count). The summed E-state index contributed by atoms with van der Waals surface area (Å²) in [7, 11) is -10.5. The number of nitrogens with zero attached hydrogens (tertiary/aromatic N) is 5. The fraction of sp³-hybridized carbons (Fsp3) is 0.562. The van der Waals surface area contributed by atoms with E-state index < -0.39 is 41.2 Å². The van der Waals surface area contributed by atoms with E-state index >= 15 is 0 Å². The van der Waals surface area contributed by atoms with Crippen LogP contribution in [0.2, 0.25) is 0 Å². The van der Waals surface area contributed by atoms with E-state index in [2.05, 4.69) is 35.4 Å². The van der Waals surface area contributed by atoms with E-state index in [9.17, 15) is 30.0 Å². The van der Waals surface area contributed by atoms with Crippen molar-refractivity contribution in [2.24, 2.45) is 0 Å². The summed E-state index contributed by atoms with van der Waals surface area (Å²) in [4.78, 5) is 3.60. The molecule has 2 fully saturated rings. The average Bonchev–Trinajstić information content (AvgIpc) is 3.30. The Bertz CT molecular complexity index is 1830. The van der Waals surface area contributed by atoms with Crippen LogP contribution >= 0.6 is 11.8 Å². The highest BCUT2D eigenvalue weighted by Gasteiger charge is 2.48. The highest BCUT2D eigenvalue weighted by molar-refractivity contribution is 7.99. The number of anilines is 2. The molecule has 2 saturated heterocycles. The van der Waals surface area contributed by atoms with Gasteiger partial charge >= 0.3 is 5.51 Å². The van der Waals surface area contributed by atoms with Crippen LogP contribution in [-0.2, 0) is 37.7 Å². The molecule has 4 heterocycles. The topological polar surface area (TPSA) is 151 Å². The largest absolute Gasteiger partial charge is 0.501 e. The van der Waals surface area contributed by atoms with E-state index in [1.165, 1.54) is 11.8 Å². The minimum Gasteiger partial charge on any atom is -0.380 e. The van der Waals surface area contributed by atoms with Gasteiger partial charge in [0.25, 0.3) is 19.9 Å². The summed E-state index contributed by atoms with van der Waals surface area (Å²) in [6, 6.07) is 12.1. The Hall–Kier alpha value is -2.94. The SMILES string of the molecule is O=S(=O)(Nc1nnc2n1CCN(C1CCCNCC1)C2)c1ccc(N[C@H](CCN2CCOCC2)CSc2ccccc2)c(S(=O)(=O)C(F)(F)F)c1. The number of morpholine rings is 1. The Morgan fingerprint density at radius 2 is 1.76 bits per heavy atom. The van der Waals surface area contributed by atoms with Crippen molar-refractivity contribution in [1.29, 1.82) is 0 Å². The average molecular weight is 773 g/mol. The molecule has 1 unspecified atom stereocenters. The molecule has 0 saturated carbocycles. The molecule has 3 aliphatic heterocycles. The van der Waals surface area contributed by atoms with Crippen molar-refractivity contribution < 1.29 is 34.7 Å². The number of ether oxygens (including phenoxy) is 1. The van der Waals surface area contributed by atoms with Crippen LogP contribution in [0.5, 0.6) is 0 Å². The number of benzene rings is 2. The van der Waals surface area contributed by atoms with Gasteiger partial charge in [-0.3, -0.25) is 14.4 Å². The zero-order valence-electron chi connectivity index (χ0n) is 28.0. The summed E-state index contributed by atoms with van der Waals surface area (Å²) in [5.41, 5.74) is -6.01. The van der Waals surface area contributed by atoms with Gasteiger partial charge in [0.2, 0.25) is 5.95 Å². The van der Waals surface area contributed by atoms with Crippen molar-refractivity contribution in [2.75, 3.05) is 68.3 Å². The maximum Gasteiger partial charge on any atom is 0.501 e. The first-order valence-corrected chi connectivity index (χ1v) is 21.0. The molecule has 0 bridgehead atoms. The van der Waals surface area contributed by atoms with Crippen LogP contribution in [0.3, 0.4) is 0 Å². The van der Waals surface area contributed by atoms with Crippen LogP contribution < -0.4 is 15.4 Å². The Balaban J connectivity index is 1.24. The van der Waals surface area contributed by atoms with Crippen molar-refractivity contribution in [3.05, 3.63) is 54.4 Å². The predicted molar refractivity (Wildman–Crippen MR) is 188 cm³/mol. The number of alkyl halides is 3. The first-order chi connectivity index (χ1) is 24.4. The molecular formula is C32H43F3N8O5S3. The first kappa shape index (κ1) is 37.8. The molecule has 0 spiro atoms. The van der Waals surface area contributed by atoms with Crippen molar-refractivity contribution in [3.63, 3.8) is 0 Å². The summed E-state index contributed by atoms with van der Waals surface area (Å²) in [5, 5.41) is 14.7. The van der Waals surface area contributed by atoms with Gasteiger partial charge in [0.15, 0.2) is 0 Å². The third kappa shape index (κ3) is 9.36. The molecule has 0 radical (unpaired) electrons. The molecule has 0 aliphatic carbocycles. The number of aromatic nitrogens is 3. The number of hydrogen-bond acceptors (Lipinski definition) is 12. The molecule has 0 amide bonds. The lowest BCUT2D eigenvalue weighted by Gasteiger charge is -2.34. The molecule has 2 atom stereocenters. The van der Waals surface area contributed by atoms with Crippen molar-refractivity contribution in [2.45, 2.75) is 71.1 Å². The number of nitrogens with one attached hydrogen (secondary N) is 3. The van der Waals surface area contributed by atoms with Gasteiger partial charge in [-0.2, -0.15) is 13.2 Å². The van der Waals surface area contributed by atoms with Gasteiger partial charge in [0.1, 0.15) is 10.7 Å². The predicted octanol–water partition coefficient (Wildman–Crippen LogP) is 3.63. The maximum atomic E-state index is 14.1. The van der Waals surface area contributed by atoms with E-state index in [0.717, 1.165) is 49.4 Å². The number of sulfone groups is 1. The lowest BCUT2D eigenvalue weighted by molar-refractivity contribution is -0.0435. The third-order valence-electron chi connectivity index (χ3n) is 9.38. The van der Waals surface area contributed by atoms with E-state index in [-0.39, 0.29) is 11.6 Å². The minimum absolute atomic E-state index is 0.0873. The molecule has 3 N–H and O–H groups in total. The van der Waals surface area contributed by atoms with Gasteiger partial charge in [0, 0.05) is 55.5 Å². The van der Waals surface area contributed by atoms with Gasteiger partial charge in [-0.15, -0.1) is 22.0 Å². The number of thioether (sulfide) groups is 1. The quantitative estimate of drug-likeness (QED) is 0.218. The summed E-state index contributed by atoms with van der Waals surface area (Å²) >= 11 is 1.48. The zero-order chi connectivity index (χ0) is 36.1. The van der Waals surface area contributed by atoms with E-state index in [1.807, 2.05) is 30.3 Å². The summed E-state index contributed by atoms with van der Waals surface area (Å²) < 4.78 is 105. The second kappa shape index (κ2) is 16.4. The molecule has 1 aromatic heterocycles. The van der Waals surface area contributed by atoms with Crippen molar-refractivity contribution in [3.8, 4) is 0 Å². The summed E-state index contributed by atoms with van der Waals surface area (Å²) in [6.45, 7) is 6.58. The number of hydrogen-bond donors (Lipinski definition) is 3. The van der Waals surface area contributed by atoms with E-state index in [4.69, 9.17) is 4.74 Å². The van der Waals surface area contributed by atoms with Crippen molar-refractivity contribution in [1.82, 2.24) is 29.9 Å². The zero-order valence-corrected chi connectivity index (χ0v) is 30.5. The van der Waals surface area contributed by atoms with E-state index in [1.54, 1.807) is 4.57 Å². The maximum absolute atomic E-state index is 14.1. The minimum atomic E-state index is -5.97. The smallest absolute Gasteiger partial charge is 0.380 e. The molecule has 51 heavy (non-hydrogen) atoms. The van der Waals surface area contributed by atoms with Crippen LogP contribution in [0.15, 0.2) is 63.2 Å². The molecule has 2 aromatic carbocycles. The van der Waals surface area contributed by atoms with Crippen LogP contribution in [0.1, 0.15) is 31.5 Å². The molecule has 13 nitrogen and oxygen atoms in total. The van der Waals surface area contributed by atoms with Crippen LogP contribution in [-0.4, -0.2) is 117 Å². The number of sulfonamides is 1. The monoisotopic (exact) mass is 772 g/mol.